The second-order valence-electron chi connectivity index (χ2n) is 7.43. The van der Waals surface area contributed by atoms with E-state index >= 15 is 0 Å². The van der Waals surface area contributed by atoms with E-state index < -0.39 is 0 Å². The Balaban J connectivity index is 1.44. The fourth-order valence-corrected chi connectivity index (χ4v) is 4.47. The lowest BCUT2D eigenvalue weighted by Crippen LogP contribution is -2.64. The Labute approximate surface area is 165 Å². The molecule has 0 radical (unpaired) electrons. The summed E-state index contributed by atoms with van der Waals surface area (Å²) < 4.78 is 0. The third-order valence-electron chi connectivity index (χ3n) is 5.74. The number of fused-ring (bicyclic) bond motifs is 3. The molecular formula is C22H24ClN3O. The first-order valence-corrected chi connectivity index (χ1v) is 9.94. The molecule has 4 heterocycles. The quantitative estimate of drug-likeness (QED) is 0.805. The third kappa shape index (κ3) is 4.40. The van der Waals surface area contributed by atoms with E-state index in [9.17, 15) is 4.79 Å². The molecule has 1 aromatic heterocycles. The summed E-state index contributed by atoms with van der Waals surface area (Å²) in [6.45, 7) is 2.26. The molecule has 1 aromatic carbocycles. The summed E-state index contributed by atoms with van der Waals surface area (Å²) in [5.41, 5.74) is 2.20. The molecule has 5 rings (SSSR count). The summed E-state index contributed by atoms with van der Waals surface area (Å²) in [6.07, 6.45) is 10.5. The van der Waals surface area contributed by atoms with Gasteiger partial charge in [-0.25, -0.2) is 0 Å². The van der Waals surface area contributed by atoms with Crippen LogP contribution in [0.15, 0.2) is 54.9 Å². The highest BCUT2D eigenvalue weighted by Crippen LogP contribution is 2.34. The van der Waals surface area contributed by atoms with E-state index in [4.69, 9.17) is 11.6 Å². The van der Waals surface area contributed by atoms with Crippen molar-refractivity contribution in [2.75, 3.05) is 13.1 Å². The number of nitrogens with zero attached hydrogens (tertiary/aromatic N) is 2. The highest BCUT2D eigenvalue weighted by atomic mass is 35.5. The first kappa shape index (κ1) is 18.2. The van der Waals surface area contributed by atoms with Gasteiger partial charge in [-0.2, -0.15) is 0 Å². The van der Waals surface area contributed by atoms with Crippen LogP contribution in [0.5, 0.6) is 0 Å². The van der Waals surface area contributed by atoms with Crippen LogP contribution in [0.4, 0.5) is 0 Å². The van der Waals surface area contributed by atoms with Gasteiger partial charge in [0.1, 0.15) is 0 Å². The van der Waals surface area contributed by atoms with E-state index in [1.807, 2.05) is 42.6 Å². The molecule has 2 atom stereocenters. The molecule has 3 fully saturated rings. The number of carbonyl (C=O) groups excluding carboxylic acids is 1. The number of rotatable bonds is 5. The smallest absolute Gasteiger partial charge is 0.244 e. The standard InChI is InChI=1S/C22H24ClN3O/c23-19-6-3-16(4-7-19)5-8-21(27)25-22-18-9-12-26(13-10-18)20(22)14-17-2-1-11-24-15-17/h1-8,11,15,18,20,22H,9-10,12-14H2,(H,25,27)/b8-5+. The maximum absolute atomic E-state index is 12.6. The average molecular weight is 382 g/mol. The number of aromatic nitrogens is 1. The summed E-state index contributed by atoms with van der Waals surface area (Å²) in [6, 6.07) is 12.1. The van der Waals surface area contributed by atoms with E-state index in [1.165, 1.54) is 5.56 Å². The van der Waals surface area contributed by atoms with Crippen molar-refractivity contribution in [2.45, 2.75) is 31.3 Å². The van der Waals surface area contributed by atoms with Crippen molar-refractivity contribution < 1.29 is 4.79 Å². The zero-order chi connectivity index (χ0) is 18.6. The zero-order valence-electron chi connectivity index (χ0n) is 15.2. The van der Waals surface area contributed by atoms with Crippen LogP contribution < -0.4 is 5.32 Å². The highest BCUT2D eigenvalue weighted by molar-refractivity contribution is 6.30. The number of piperidine rings is 3. The van der Waals surface area contributed by atoms with Crippen LogP contribution in [0.25, 0.3) is 6.08 Å². The van der Waals surface area contributed by atoms with Crippen LogP contribution in [0.2, 0.25) is 5.02 Å². The number of carbonyl (C=O) groups is 1. The molecule has 0 aliphatic carbocycles. The SMILES string of the molecule is O=C(/C=C/c1ccc(Cl)cc1)NC1C2CCN(CC2)C1Cc1cccnc1. The first-order valence-electron chi connectivity index (χ1n) is 9.56. The molecule has 3 aliphatic rings. The summed E-state index contributed by atoms with van der Waals surface area (Å²) >= 11 is 5.91. The Morgan fingerprint density at radius 2 is 2.00 bits per heavy atom. The van der Waals surface area contributed by atoms with E-state index in [-0.39, 0.29) is 11.9 Å². The normalized spacial score (nSPS) is 27.0. The Kier molecular flexibility index (Phi) is 5.55. The third-order valence-corrected chi connectivity index (χ3v) is 5.99. The van der Waals surface area contributed by atoms with Gasteiger partial charge >= 0.3 is 0 Å². The number of amides is 1. The largest absolute Gasteiger partial charge is 0.348 e. The number of pyridine rings is 1. The minimum absolute atomic E-state index is 0.0279. The molecule has 2 bridgehead atoms. The van der Waals surface area contributed by atoms with Gasteiger partial charge in [0.25, 0.3) is 0 Å². The molecule has 140 valence electrons. The van der Waals surface area contributed by atoms with Crippen molar-refractivity contribution >= 4 is 23.6 Å². The first-order chi connectivity index (χ1) is 13.2. The van der Waals surface area contributed by atoms with Gasteiger partial charge in [0, 0.05) is 35.6 Å². The maximum Gasteiger partial charge on any atom is 0.244 e. The Hall–Kier alpha value is -2.17. The monoisotopic (exact) mass is 381 g/mol. The van der Waals surface area contributed by atoms with E-state index in [0.717, 1.165) is 37.9 Å². The predicted molar refractivity (Wildman–Crippen MR) is 108 cm³/mol. The maximum atomic E-state index is 12.6. The molecular weight excluding hydrogens is 358 g/mol. The van der Waals surface area contributed by atoms with Gasteiger partial charge in [0.15, 0.2) is 0 Å². The van der Waals surface area contributed by atoms with Gasteiger partial charge in [0.2, 0.25) is 5.91 Å². The number of halogens is 1. The van der Waals surface area contributed by atoms with Crippen LogP contribution in [0, 0.1) is 5.92 Å². The summed E-state index contributed by atoms with van der Waals surface area (Å²) in [5.74, 6) is 0.532. The molecule has 2 unspecified atom stereocenters. The zero-order valence-corrected chi connectivity index (χ0v) is 16.0. The van der Waals surface area contributed by atoms with Gasteiger partial charge in [-0.3, -0.25) is 14.7 Å². The number of hydrogen-bond donors (Lipinski definition) is 1. The van der Waals surface area contributed by atoms with E-state index in [1.54, 1.807) is 12.3 Å². The van der Waals surface area contributed by atoms with Gasteiger partial charge < -0.3 is 5.32 Å². The number of nitrogens with one attached hydrogen (secondary N) is 1. The highest BCUT2D eigenvalue weighted by Gasteiger charge is 2.42. The molecule has 2 aromatic rings. The van der Waals surface area contributed by atoms with E-state index in [0.29, 0.717) is 17.0 Å². The Morgan fingerprint density at radius 3 is 2.70 bits per heavy atom. The Morgan fingerprint density at radius 1 is 1.22 bits per heavy atom. The second-order valence-corrected chi connectivity index (χ2v) is 7.86. The van der Waals surface area contributed by atoms with Crippen LogP contribution in [-0.4, -0.2) is 41.0 Å². The second kappa shape index (κ2) is 8.24. The van der Waals surface area contributed by atoms with Crippen LogP contribution in [0.3, 0.4) is 0 Å². The molecule has 0 spiro atoms. The molecule has 1 N–H and O–H groups in total. The van der Waals surface area contributed by atoms with Crippen LogP contribution >= 0.6 is 11.6 Å². The lowest BCUT2D eigenvalue weighted by molar-refractivity contribution is -0.119. The van der Waals surface area contributed by atoms with Gasteiger partial charge in [-0.05, 0) is 73.7 Å². The minimum Gasteiger partial charge on any atom is -0.348 e. The van der Waals surface area contributed by atoms with Gasteiger partial charge in [0.05, 0.1) is 0 Å². The van der Waals surface area contributed by atoms with Crippen molar-refractivity contribution in [3.63, 3.8) is 0 Å². The molecule has 5 heteroatoms. The lowest BCUT2D eigenvalue weighted by atomic mass is 9.77. The van der Waals surface area contributed by atoms with Crippen LogP contribution in [0.1, 0.15) is 24.0 Å². The topological polar surface area (TPSA) is 45.2 Å². The number of benzene rings is 1. The molecule has 1 amide bonds. The van der Waals surface area contributed by atoms with Crippen molar-refractivity contribution in [1.82, 2.24) is 15.2 Å². The fourth-order valence-electron chi connectivity index (χ4n) is 4.34. The van der Waals surface area contributed by atoms with Crippen molar-refractivity contribution in [3.05, 3.63) is 71.0 Å². The summed E-state index contributed by atoms with van der Waals surface area (Å²) in [4.78, 5) is 19.3. The summed E-state index contributed by atoms with van der Waals surface area (Å²) in [7, 11) is 0. The van der Waals surface area contributed by atoms with E-state index in [2.05, 4.69) is 21.3 Å². The minimum atomic E-state index is -0.0279. The molecule has 0 saturated carbocycles. The van der Waals surface area contributed by atoms with Crippen molar-refractivity contribution in [2.24, 2.45) is 5.92 Å². The average Bonchev–Trinajstić information content (AvgIpc) is 2.71. The molecule has 3 saturated heterocycles. The molecule has 27 heavy (non-hydrogen) atoms. The molecule has 3 aliphatic heterocycles. The molecule has 4 nitrogen and oxygen atoms in total. The van der Waals surface area contributed by atoms with Crippen molar-refractivity contribution in [3.8, 4) is 0 Å². The Bertz CT molecular complexity index is 798. The predicted octanol–water partition coefficient (Wildman–Crippen LogP) is 3.57. The fraction of sp³-hybridized carbons (Fsp3) is 0.364. The van der Waals surface area contributed by atoms with Gasteiger partial charge in [-0.15, -0.1) is 0 Å². The number of hydrogen-bond acceptors (Lipinski definition) is 3. The van der Waals surface area contributed by atoms with Crippen LogP contribution in [-0.2, 0) is 11.2 Å². The van der Waals surface area contributed by atoms with Crippen molar-refractivity contribution in [1.29, 1.82) is 0 Å². The summed E-state index contributed by atoms with van der Waals surface area (Å²) in [5, 5.41) is 3.98. The lowest BCUT2D eigenvalue weighted by Gasteiger charge is -2.51. The van der Waals surface area contributed by atoms with Gasteiger partial charge in [-0.1, -0.05) is 29.8 Å².